The molecular weight excluding hydrogens is 242 g/mol. The topological polar surface area (TPSA) is 67.2 Å². The summed E-state index contributed by atoms with van der Waals surface area (Å²) in [6, 6.07) is 0. The highest BCUT2D eigenvalue weighted by atomic mass is 16.3. The molecule has 1 aromatic rings. The number of hydrogen-bond acceptors (Lipinski definition) is 3. The van der Waals surface area contributed by atoms with E-state index in [1.54, 1.807) is 0 Å². The fourth-order valence-corrected chi connectivity index (χ4v) is 2.51. The van der Waals surface area contributed by atoms with Gasteiger partial charge in [0, 0.05) is 31.5 Å². The first-order chi connectivity index (χ1) is 8.97. The van der Waals surface area contributed by atoms with Crippen molar-refractivity contribution in [1.82, 2.24) is 15.1 Å². The van der Waals surface area contributed by atoms with Gasteiger partial charge in [-0.2, -0.15) is 5.10 Å². The van der Waals surface area contributed by atoms with Crippen LogP contribution in [0.5, 0.6) is 0 Å². The molecule has 5 heteroatoms. The van der Waals surface area contributed by atoms with Gasteiger partial charge in [-0.15, -0.1) is 0 Å². The smallest absolute Gasteiger partial charge is 0.224 e. The van der Waals surface area contributed by atoms with Crippen molar-refractivity contribution in [1.29, 1.82) is 0 Å². The van der Waals surface area contributed by atoms with Gasteiger partial charge in [0.2, 0.25) is 5.91 Å². The Labute approximate surface area is 114 Å². The van der Waals surface area contributed by atoms with Crippen LogP contribution in [-0.4, -0.2) is 33.9 Å². The maximum absolute atomic E-state index is 12.0. The predicted octanol–water partition coefficient (Wildman–Crippen LogP) is 0.858. The van der Waals surface area contributed by atoms with Crippen molar-refractivity contribution in [2.75, 3.05) is 13.2 Å². The molecule has 1 aromatic heterocycles. The van der Waals surface area contributed by atoms with Crippen molar-refractivity contribution in [3.05, 3.63) is 17.0 Å². The fourth-order valence-electron chi connectivity index (χ4n) is 2.51. The Bertz CT molecular complexity index is 475. The van der Waals surface area contributed by atoms with Gasteiger partial charge in [0.15, 0.2) is 0 Å². The zero-order valence-electron chi connectivity index (χ0n) is 12.0. The number of aromatic nitrogens is 2. The minimum atomic E-state index is 0.0448. The molecule has 1 aliphatic carbocycles. The van der Waals surface area contributed by atoms with Crippen LogP contribution in [0.3, 0.4) is 0 Å². The maximum atomic E-state index is 12.0. The molecule has 2 rings (SSSR count). The average Bonchev–Trinajstić information content (AvgIpc) is 3.08. The van der Waals surface area contributed by atoms with Crippen molar-refractivity contribution in [3.63, 3.8) is 0 Å². The highest BCUT2D eigenvalue weighted by Crippen LogP contribution is 2.47. The number of carbonyl (C=O) groups excluding carboxylic acids is 1. The number of nitrogens with one attached hydrogen (secondary N) is 1. The van der Waals surface area contributed by atoms with Crippen molar-refractivity contribution in [2.24, 2.45) is 12.5 Å². The summed E-state index contributed by atoms with van der Waals surface area (Å²) >= 11 is 0. The van der Waals surface area contributed by atoms with Gasteiger partial charge in [0.25, 0.3) is 0 Å². The lowest BCUT2D eigenvalue weighted by Gasteiger charge is -2.14. The van der Waals surface area contributed by atoms with Gasteiger partial charge in [-0.25, -0.2) is 0 Å². The van der Waals surface area contributed by atoms with Crippen LogP contribution < -0.4 is 5.32 Å². The van der Waals surface area contributed by atoms with Crippen LogP contribution in [0.2, 0.25) is 0 Å². The van der Waals surface area contributed by atoms with E-state index >= 15 is 0 Å². The van der Waals surface area contributed by atoms with Crippen LogP contribution in [0.25, 0.3) is 0 Å². The number of aliphatic hydroxyl groups is 1. The van der Waals surface area contributed by atoms with Crippen LogP contribution in [0, 0.1) is 19.3 Å². The van der Waals surface area contributed by atoms with Gasteiger partial charge in [-0.1, -0.05) is 0 Å². The van der Waals surface area contributed by atoms with E-state index in [-0.39, 0.29) is 17.9 Å². The highest BCUT2D eigenvalue weighted by Gasteiger charge is 2.41. The van der Waals surface area contributed by atoms with Gasteiger partial charge >= 0.3 is 0 Å². The second-order valence-corrected chi connectivity index (χ2v) is 5.70. The van der Waals surface area contributed by atoms with E-state index in [1.165, 1.54) is 0 Å². The summed E-state index contributed by atoms with van der Waals surface area (Å²) in [7, 11) is 1.89. The molecule has 5 nitrogen and oxygen atoms in total. The van der Waals surface area contributed by atoms with Crippen LogP contribution in [0.15, 0.2) is 0 Å². The van der Waals surface area contributed by atoms with Crippen LogP contribution in [-0.2, 0) is 18.3 Å². The third kappa shape index (κ3) is 3.15. The maximum Gasteiger partial charge on any atom is 0.224 e. The summed E-state index contributed by atoms with van der Waals surface area (Å²) < 4.78 is 1.81. The summed E-state index contributed by atoms with van der Waals surface area (Å²) in [4.78, 5) is 12.0. The molecule has 19 heavy (non-hydrogen) atoms. The van der Waals surface area contributed by atoms with E-state index in [4.69, 9.17) is 5.11 Å². The second-order valence-electron chi connectivity index (χ2n) is 5.70. The van der Waals surface area contributed by atoms with Gasteiger partial charge < -0.3 is 10.4 Å². The summed E-state index contributed by atoms with van der Waals surface area (Å²) in [5.74, 6) is 0.0448. The first-order valence-electron chi connectivity index (χ1n) is 6.84. The molecule has 2 N–H and O–H groups in total. The Morgan fingerprint density at radius 2 is 2.16 bits per heavy atom. The number of aliphatic hydroxyl groups excluding tert-OH is 1. The molecule has 0 spiro atoms. The Hall–Kier alpha value is -1.36. The number of amides is 1. The lowest BCUT2D eigenvalue weighted by molar-refractivity contribution is -0.120. The van der Waals surface area contributed by atoms with Gasteiger partial charge in [0.1, 0.15) is 0 Å². The minimum absolute atomic E-state index is 0.0448. The Kier molecular flexibility index (Phi) is 3.94. The molecule has 0 aromatic carbocycles. The fraction of sp³-hybridized carbons (Fsp3) is 0.714. The summed E-state index contributed by atoms with van der Waals surface area (Å²) in [5.41, 5.74) is 3.16. The molecule has 0 bridgehead atoms. The molecule has 1 amide bonds. The van der Waals surface area contributed by atoms with E-state index in [1.807, 2.05) is 25.6 Å². The Morgan fingerprint density at radius 3 is 2.63 bits per heavy atom. The van der Waals surface area contributed by atoms with Crippen molar-refractivity contribution >= 4 is 5.91 Å². The van der Waals surface area contributed by atoms with Crippen LogP contribution in [0.4, 0.5) is 0 Å². The summed E-state index contributed by atoms with van der Waals surface area (Å²) in [6.07, 6.45) is 3.40. The third-order valence-corrected chi connectivity index (χ3v) is 4.26. The Morgan fingerprint density at radius 1 is 1.47 bits per heavy atom. The van der Waals surface area contributed by atoms with Gasteiger partial charge in [0.05, 0.1) is 12.1 Å². The zero-order chi connectivity index (χ0) is 14.0. The number of carbonyl (C=O) groups is 1. The van der Waals surface area contributed by atoms with Gasteiger partial charge in [-0.05, 0) is 38.5 Å². The minimum Gasteiger partial charge on any atom is -0.396 e. The highest BCUT2D eigenvalue weighted by molar-refractivity contribution is 5.79. The third-order valence-electron chi connectivity index (χ3n) is 4.26. The zero-order valence-corrected chi connectivity index (χ0v) is 12.0. The van der Waals surface area contributed by atoms with E-state index < -0.39 is 0 Å². The number of nitrogens with zero attached hydrogens (tertiary/aromatic N) is 2. The monoisotopic (exact) mass is 265 g/mol. The molecule has 106 valence electrons. The molecule has 0 saturated heterocycles. The number of aryl methyl sites for hydroxylation is 2. The normalized spacial score (nSPS) is 16.4. The molecule has 0 unspecified atom stereocenters. The lowest BCUT2D eigenvalue weighted by Crippen LogP contribution is -2.32. The molecule has 1 aliphatic rings. The molecular formula is C14H23N3O2. The van der Waals surface area contributed by atoms with E-state index in [0.717, 1.165) is 36.2 Å². The van der Waals surface area contributed by atoms with Crippen LogP contribution in [0.1, 0.15) is 36.2 Å². The first-order valence-corrected chi connectivity index (χ1v) is 6.84. The largest absolute Gasteiger partial charge is 0.396 e. The average molecular weight is 265 g/mol. The van der Waals surface area contributed by atoms with Crippen molar-refractivity contribution < 1.29 is 9.90 Å². The summed E-state index contributed by atoms with van der Waals surface area (Å²) in [5, 5.41) is 16.3. The molecule has 0 aliphatic heterocycles. The molecule has 1 fully saturated rings. The second kappa shape index (κ2) is 5.33. The standard InChI is InChI=1S/C14H23N3O2/c1-10-12(11(2)17(3)16-10)8-13(19)15-9-14(4-5-14)6-7-18/h18H,4-9H2,1-3H3,(H,15,19). The first kappa shape index (κ1) is 14.1. The molecule has 1 saturated carbocycles. The lowest BCUT2D eigenvalue weighted by atomic mass is 10.0. The van der Waals surface area contributed by atoms with Gasteiger partial charge in [-0.3, -0.25) is 9.48 Å². The number of rotatable bonds is 6. The van der Waals surface area contributed by atoms with Crippen molar-refractivity contribution in [3.8, 4) is 0 Å². The predicted molar refractivity (Wildman–Crippen MR) is 72.8 cm³/mol. The Balaban J connectivity index is 1.88. The molecule has 1 heterocycles. The quantitative estimate of drug-likeness (QED) is 0.801. The molecule has 0 atom stereocenters. The number of hydrogen-bond donors (Lipinski definition) is 2. The molecule has 0 radical (unpaired) electrons. The summed E-state index contributed by atoms with van der Waals surface area (Å²) in [6.45, 7) is 4.81. The van der Waals surface area contributed by atoms with E-state index in [9.17, 15) is 4.79 Å². The van der Waals surface area contributed by atoms with E-state index in [2.05, 4.69) is 10.4 Å². The van der Waals surface area contributed by atoms with E-state index in [0.29, 0.717) is 13.0 Å². The SMILES string of the molecule is Cc1nn(C)c(C)c1CC(=O)NCC1(CCO)CC1. The van der Waals surface area contributed by atoms with Crippen LogP contribution >= 0.6 is 0 Å². The van der Waals surface area contributed by atoms with Crippen molar-refractivity contribution in [2.45, 2.75) is 39.5 Å².